The first-order chi connectivity index (χ1) is 6.83. The molecule has 0 aliphatic rings. The topological polar surface area (TPSA) is 36.7 Å². The summed E-state index contributed by atoms with van der Waals surface area (Å²) in [7, 11) is 0. The predicted octanol–water partition coefficient (Wildman–Crippen LogP) is 3.12. The number of nitriles is 1. The van der Waals surface area contributed by atoms with Crippen LogP contribution in [0.5, 0.6) is 0 Å². The van der Waals surface area contributed by atoms with Crippen LogP contribution in [0.1, 0.15) is 38.2 Å². The Balaban J connectivity index is 2.88. The van der Waals surface area contributed by atoms with E-state index in [9.17, 15) is 0 Å². The zero-order chi connectivity index (χ0) is 10.4. The van der Waals surface area contributed by atoms with Crippen LogP contribution in [0.25, 0.3) is 0 Å². The molecule has 2 nitrogen and oxygen atoms in total. The lowest BCUT2D eigenvalue weighted by atomic mass is 9.84. The molecule has 0 aromatic carbocycles. The SMILES string of the molecule is CCC(CC)C(C#N)c1cccnc1. The molecule has 0 aliphatic carbocycles. The molecule has 74 valence electrons. The molecule has 0 fully saturated rings. The lowest BCUT2D eigenvalue weighted by Crippen LogP contribution is -2.09. The van der Waals surface area contributed by atoms with Gasteiger partial charge in [-0.1, -0.05) is 32.8 Å². The Labute approximate surface area is 85.6 Å². The zero-order valence-electron chi connectivity index (χ0n) is 8.77. The number of aromatic nitrogens is 1. The molecule has 2 heteroatoms. The maximum atomic E-state index is 9.13. The number of pyridine rings is 1. The summed E-state index contributed by atoms with van der Waals surface area (Å²) in [5.41, 5.74) is 1.05. The zero-order valence-corrected chi connectivity index (χ0v) is 8.77. The van der Waals surface area contributed by atoms with Crippen LogP contribution >= 0.6 is 0 Å². The Hall–Kier alpha value is -1.36. The molecule has 0 amide bonds. The summed E-state index contributed by atoms with van der Waals surface area (Å²) in [4.78, 5) is 4.05. The highest BCUT2D eigenvalue weighted by atomic mass is 14.6. The molecule has 1 heterocycles. The van der Waals surface area contributed by atoms with Gasteiger partial charge in [-0.3, -0.25) is 4.98 Å². The Bertz CT molecular complexity index is 296. The van der Waals surface area contributed by atoms with Crippen LogP contribution in [0.15, 0.2) is 24.5 Å². The average Bonchev–Trinajstić information content (AvgIpc) is 2.27. The van der Waals surface area contributed by atoms with Gasteiger partial charge in [0.25, 0.3) is 0 Å². The van der Waals surface area contributed by atoms with Crippen LogP contribution in [0, 0.1) is 17.2 Å². The highest BCUT2D eigenvalue weighted by Gasteiger charge is 2.19. The van der Waals surface area contributed by atoms with Gasteiger partial charge in [0, 0.05) is 12.4 Å². The minimum atomic E-state index is -0.00120. The Morgan fingerprint density at radius 1 is 1.43 bits per heavy atom. The standard InChI is InChI=1S/C12H16N2/c1-3-10(4-2)12(8-13)11-6-5-7-14-9-11/h5-7,9-10,12H,3-4H2,1-2H3. The van der Waals surface area contributed by atoms with Gasteiger partial charge in [-0.25, -0.2) is 0 Å². The van der Waals surface area contributed by atoms with Gasteiger partial charge in [0.2, 0.25) is 0 Å². The van der Waals surface area contributed by atoms with Crippen molar-refractivity contribution in [1.82, 2.24) is 4.98 Å². The first-order valence-corrected chi connectivity index (χ1v) is 5.13. The fourth-order valence-electron chi connectivity index (χ4n) is 1.77. The Kier molecular flexibility index (Phi) is 4.12. The quantitative estimate of drug-likeness (QED) is 0.727. The van der Waals surface area contributed by atoms with Crippen molar-refractivity contribution in [2.45, 2.75) is 32.6 Å². The number of hydrogen-bond acceptors (Lipinski definition) is 2. The van der Waals surface area contributed by atoms with E-state index in [1.165, 1.54) is 0 Å². The van der Waals surface area contributed by atoms with Crippen LogP contribution < -0.4 is 0 Å². The van der Waals surface area contributed by atoms with E-state index >= 15 is 0 Å². The van der Waals surface area contributed by atoms with E-state index < -0.39 is 0 Å². The average molecular weight is 188 g/mol. The number of nitrogens with zero attached hydrogens (tertiary/aromatic N) is 2. The fourth-order valence-corrected chi connectivity index (χ4v) is 1.77. The molecular formula is C12H16N2. The minimum Gasteiger partial charge on any atom is -0.264 e. The summed E-state index contributed by atoms with van der Waals surface area (Å²) < 4.78 is 0. The summed E-state index contributed by atoms with van der Waals surface area (Å²) in [6.07, 6.45) is 5.63. The molecule has 0 saturated carbocycles. The highest BCUT2D eigenvalue weighted by Crippen LogP contribution is 2.28. The van der Waals surface area contributed by atoms with Crippen molar-refractivity contribution in [3.8, 4) is 6.07 Å². The molecule has 0 radical (unpaired) electrons. The van der Waals surface area contributed by atoms with E-state index in [4.69, 9.17) is 5.26 Å². The maximum Gasteiger partial charge on any atom is 0.0755 e. The van der Waals surface area contributed by atoms with Crippen LogP contribution in [0.4, 0.5) is 0 Å². The molecule has 0 bridgehead atoms. The van der Waals surface area contributed by atoms with Crippen LogP contribution in [0.2, 0.25) is 0 Å². The van der Waals surface area contributed by atoms with E-state index in [0.717, 1.165) is 18.4 Å². The maximum absolute atomic E-state index is 9.13. The predicted molar refractivity (Wildman–Crippen MR) is 56.7 cm³/mol. The molecule has 0 aliphatic heterocycles. The minimum absolute atomic E-state index is 0.00120. The fraction of sp³-hybridized carbons (Fsp3) is 0.500. The smallest absolute Gasteiger partial charge is 0.0755 e. The second-order valence-electron chi connectivity index (χ2n) is 3.47. The highest BCUT2D eigenvalue weighted by molar-refractivity contribution is 5.22. The van der Waals surface area contributed by atoms with Gasteiger partial charge in [0.15, 0.2) is 0 Å². The molecule has 0 N–H and O–H groups in total. The van der Waals surface area contributed by atoms with Gasteiger partial charge >= 0.3 is 0 Å². The van der Waals surface area contributed by atoms with Crippen LogP contribution in [0.3, 0.4) is 0 Å². The summed E-state index contributed by atoms with van der Waals surface area (Å²) in [6, 6.07) is 6.26. The molecule has 1 aromatic heterocycles. The summed E-state index contributed by atoms with van der Waals surface area (Å²) in [6.45, 7) is 4.27. The van der Waals surface area contributed by atoms with Crippen molar-refractivity contribution in [1.29, 1.82) is 5.26 Å². The molecule has 1 unspecified atom stereocenters. The normalized spacial score (nSPS) is 12.4. The largest absolute Gasteiger partial charge is 0.264 e. The first kappa shape index (κ1) is 10.7. The third-order valence-corrected chi connectivity index (χ3v) is 2.70. The van der Waals surface area contributed by atoms with Gasteiger partial charge in [-0.15, -0.1) is 0 Å². The molecular weight excluding hydrogens is 172 g/mol. The third-order valence-electron chi connectivity index (χ3n) is 2.70. The Morgan fingerprint density at radius 2 is 2.14 bits per heavy atom. The van der Waals surface area contributed by atoms with Gasteiger partial charge < -0.3 is 0 Å². The van der Waals surface area contributed by atoms with E-state index in [0.29, 0.717) is 5.92 Å². The van der Waals surface area contributed by atoms with E-state index in [1.54, 1.807) is 12.4 Å². The van der Waals surface area contributed by atoms with Gasteiger partial charge in [-0.2, -0.15) is 5.26 Å². The second-order valence-corrected chi connectivity index (χ2v) is 3.47. The molecule has 0 saturated heterocycles. The molecule has 1 rings (SSSR count). The summed E-state index contributed by atoms with van der Waals surface area (Å²) in [5.74, 6) is 0.447. The molecule has 14 heavy (non-hydrogen) atoms. The van der Waals surface area contributed by atoms with Crippen molar-refractivity contribution in [2.75, 3.05) is 0 Å². The molecule has 0 spiro atoms. The summed E-state index contributed by atoms with van der Waals surface area (Å²) >= 11 is 0. The molecule has 1 aromatic rings. The van der Waals surface area contributed by atoms with E-state index in [1.807, 2.05) is 12.1 Å². The van der Waals surface area contributed by atoms with E-state index in [-0.39, 0.29) is 5.92 Å². The second kappa shape index (κ2) is 5.39. The van der Waals surface area contributed by atoms with Gasteiger partial charge in [-0.05, 0) is 17.5 Å². The summed E-state index contributed by atoms with van der Waals surface area (Å²) in [5, 5.41) is 9.13. The van der Waals surface area contributed by atoms with Gasteiger partial charge in [0.1, 0.15) is 0 Å². The molecule has 1 atom stereocenters. The lowest BCUT2D eigenvalue weighted by Gasteiger charge is -2.18. The van der Waals surface area contributed by atoms with Crippen molar-refractivity contribution >= 4 is 0 Å². The third kappa shape index (κ3) is 2.32. The van der Waals surface area contributed by atoms with Crippen molar-refractivity contribution in [3.63, 3.8) is 0 Å². The lowest BCUT2D eigenvalue weighted by molar-refractivity contribution is 0.452. The Morgan fingerprint density at radius 3 is 2.57 bits per heavy atom. The monoisotopic (exact) mass is 188 g/mol. The van der Waals surface area contributed by atoms with Crippen molar-refractivity contribution < 1.29 is 0 Å². The van der Waals surface area contributed by atoms with Crippen LogP contribution in [-0.4, -0.2) is 4.98 Å². The van der Waals surface area contributed by atoms with Crippen molar-refractivity contribution in [2.24, 2.45) is 5.92 Å². The first-order valence-electron chi connectivity index (χ1n) is 5.13. The number of rotatable bonds is 4. The number of hydrogen-bond donors (Lipinski definition) is 0. The van der Waals surface area contributed by atoms with Crippen molar-refractivity contribution in [3.05, 3.63) is 30.1 Å². The van der Waals surface area contributed by atoms with Crippen LogP contribution in [-0.2, 0) is 0 Å². The van der Waals surface area contributed by atoms with E-state index in [2.05, 4.69) is 24.9 Å². The van der Waals surface area contributed by atoms with Gasteiger partial charge in [0.05, 0.1) is 12.0 Å².